The molecule has 0 fully saturated rings. The number of hydrogen-bond acceptors (Lipinski definition) is 5. The van der Waals surface area contributed by atoms with Crippen LogP contribution < -0.4 is 5.32 Å². The lowest BCUT2D eigenvalue weighted by Crippen LogP contribution is -2.23. The first-order chi connectivity index (χ1) is 15.2. The van der Waals surface area contributed by atoms with Gasteiger partial charge >= 0.3 is 0 Å². The summed E-state index contributed by atoms with van der Waals surface area (Å²) in [4.78, 5) is 17.7. The second-order valence-electron chi connectivity index (χ2n) is 6.90. The summed E-state index contributed by atoms with van der Waals surface area (Å²) in [6.07, 6.45) is 1.55. The molecule has 31 heavy (non-hydrogen) atoms. The van der Waals surface area contributed by atoms with Gasteiger partial charge in [0.1, 0.15) is 17.3 Å². The van der Waals surface area contributed by atoms with Crippen molar-refractivity contribution in [3.63, 3.8) is 0 Å². The van der Waals surface area contributed by atoms with Gasteiger partial charge in [-0.3, -0.25) is 4.79 Å². The lowest BCUT2D eigenvalue weighted by molar-refractivity contribution is 0.0949. The topological polar surface area (TPSA) is 81.2 Å². The first-order valence-corrected chi connectivity index (χ1v) is 9.61. The highest BCUT2D eigenvalue weighted by Gasteiger charge is 2.22. The van der Waals surface area contributed by atoms with Crippen molar-refractivity contribution in [3.8, 4) is 22.5 Å². The summed E-state index contributed by atoms with van der Waals surface area (Å²) in [5, 5.41) is 7.45. The lowest BCUT2D eigenvalue weighted by atomic mass is 10.0. The Kier molecular flexibility index (Phi) is 4.76. The number of amides is 1. The van der Waals surface area contributed by atoms with E-state index in [1.165, 1.54) is 12.1 Å². The summed E-state index contributed by atoms with van der Waals surface area (Å²) in [5.41, 5.74) is 3.04. The second kappa shape index (κ2) is 7.87. The summed E-state index contributed by atoms with van der Waals surface area (Å²) in [7, 11) is 0. The number of nitrogens with zero attached hydrogens (tertiary/aromatic N) is 2. The van der Waals surface area contributed by atoms with Gasteiger partial charge in [0.15, 0.2) is 0 Å². The Morgan fingerprint density at radius 3 is 2.52 bits per heavy atom. The molecule has 5 aromatic rings. The molecule has 0 spiro atoms. The number of halogens is 1. The molecule has 3 heterocycles. The van der Waals surface area contributed by atoms with Crippen LogP contribution in [0.2, 0.25) is 0 Å². The number of aromatic nitrogens is 2. The third-order valence-corrected chi connectivity index (χ3v) is 4.88. The van der Waals surface area contributed by atoms with Gasteiger partial charge in [0.05, 0.1) is 29.5 Å². The van der Waals surface area contributed by atoms with Crippen molar-refractivity contribution >= 4 is 17.0 Å². The summed E-state index contributed by atoms with van der Waals surface area (Å²) < 4.78 is 24.2. The van der Waals surface area contributed by atoms with E-state index in [0.29, 0.717) is 33.7 Å². The molecule has 152 valence electrons. The molecule has 0 aliphatic carbocycles. The van der Waals surface area contributed by atoms with E-state index in [9.17, 15) is 9.18 Å². The smallest absolute Gasteiger partial charge is 0.259 e. The maximum Gasteiger partial charge on any atom is 0.259 e. The molecular weight excluding hydrogens is 397 g/mol. The van der Waals surface area contributed by atoms with Crippen LogP contribution in [-0.2, 0) is 6.54 Å². The molecule has 2 aromatic carbocycles. The van der Waals surface area contributed by atoms with Crippen molar-refractivity contribution in [2.75, 3.05) is 0 Å². The van der Waals surface area contributed by atoms with E-state index in [0.717, 1.165) is 5.56 Å². The quantitative estimate of drug-likeness (QED) is 0.427. The highest BCUT2D eigenvalue weighted by Crippen LogP contribution is 2.32. The standard InChI is InChI=1S/C24H16FN3O3/c25-17-10-8-16(9-11-17)22-21-19(23(29)26-14-18-7-4-12-30-18)13-20(27-24(21)31-28-22)15-5-2-1-3-6-15/h1-13H,14H2,(H,26,29). The van der Waals surface area contributed by atoms with E-state index < -0.39 is 0 Å². The molecule has 0 radical (unpaired) electrons. The van der Waals surface area contributed by atoms with Crippen LogP contribution in [0.5, 0.6) is 0 Å². The van der Waals surface area contributed by atoms with E-state index in [4.69, 9.17) is 8.94 Å². The zero-order valence-corrected chi connectivity index (χ0v) is 16.2. The molecule has 1 amide bonds. The molecule has 0 aliphatic rings. The molecule has 1 N–H and O–H groups in total. The Bertz CT molecular complexity index is 1340. The van der Waals surface area contributed by atoms with Crippen LogP contribution in [0.3, 0.4) is 0 Å². The number of pyridine rings is 1. The predicted molar refractivity (Wildman–Crippen MR) is 113 cm³/mol. The minimum Gasteiger partial charge on any atom is -0.467 e. The average molecular weight is 413 g/mol. The van der Waals surface area contributed by atoms with Gasteiger partial charge in [-0.2, -0.15) is 0 Å². The number of fused-ring (bicyclic) bond motifs is 1. The summed E-state index contributed by atoms with van der Waals surface area (Å²) in [6, 6.07) is 20.6. The molecule has 0 aliphatic heterocycles. The van der Waals surface area contributed by atoms with Gasteiger partial charge in [-0.15, -0.1) is 0 Å². The highest BCUT2D eigenvalue weighted by atomic mass is 19.1. The summed E-state index contributed by atoms with van der Waals surface area (Å²) in [5.74, 6) is -0.0593. The number of carbonyl (C=O) groups is 1. The Hall–Kier alpha value is -4.26. The van der Waals surface area contributed by atoms with Crippen LogP contribution in [-0.4, -0.2) is 16.0 Å². The van der Waals surface area contributed by atoms with E-state index in [1.807, 2.05) is 30.3 Å². The SMILES string of the molecule is O=C(NCc1ccco1)c1cc(-c2ccccc2)nc2onc(-c3ccc(F)cc3)c12. The van der Waals surface area contributed by atoms with Crippen molar-refractivity contribution in [3.05, 3.63) is 96.2 Å². The zero-order chi connectivity index (χ0) is 21.2. The number of benzene rings is 2. The van der Waals surface area contributed by atoms with Gasteiger partial charge in [-0.25, -0.2) is 9.37 Å². The Morgan fingerprint density at radius 2 is 1.77 bits per heavy atom. The third kappa shape index (κ3) is 3.69. The van der Waals surface area contributed by atoms with Crippen LogP contribution in [0.4, 0.5) is 4.39 Å². The van der Waals surface area contributed by atoms with Crippen LogP contribution in [0.1, 0.15) is 16.1 Å². The van der Waals surface area contributed by atoms with Crippen molar-refractivity contribution in [1.29, 1.82) is 0 Å². The van der Waals surface area contributed by atoms with Gasteiger partial charge in [0.25, 0.3) is 11.6 Å². The molecule has 0 unspecified atom stereocenters. The zero-order valence-electron chi connectivity index (χ0n) is 16.2. The van der Waals surface area contributed by atoms with Crippen molar-refractivity contribution in [2.45, 2.75) is 6.54 Å². The third-order valence-electron chi connectivity index (χ3n) is 4.88. The molecule has 0 saturated carbocycles. The summed E-state index contributed by atoms with van der Waals surface area (Å²) in [6.45, 7) is 0.230. The minimum atomic E-state index is -0.363. The fourth-order valence-electron chi connectivity index (χ4n) is 3.37. The van der Waals surface area contributed by atoms with E-state index in [1.54, 1.807) is 36.6 Å². The maximum absolute atomic E-state index is 13.4. The number of furan rings is 1. The fraction of sp³-hybridized carbons (Fsp3) is 0.0417. The average Bonchev–Trinajstić information content (AvgIpc) is 3.48. The Labute approximate surface area is 176 Å². The number of nitrogens with one attached hydrogen (secondary N) is 1. The van der Waals surface area contributed by atoms with Gasteiger partial charge in [0.2, 0.25) is 0 Å². The fourth-order valence-corrected chi connectivity index (χ4v) is 3.37. The van der Waals surface area contributed by atoms with Crippen molar-refractivity contribution < 1.29 is 18.1 Å². The second-order valence-corrected chi connectivity index (χ2v) is 6.90. The number of rotatable bonds is 5. The van der Waals surface area contributed by atoms with Gasteiger partial charge in [-0.1, -0.05) is 35.5 Å². The molecule has 0 saturated heterocycles. The maximum atomic E-state index is 13.4. The van der Waals surface area contributed by atoms with Gasteiger partial charge < -0.3 is 14.3 Å². The Balaban J connectivity index is 1.64. The van der Waals surface area contributed by atoms with Crippen molar-refractivity contribution in [1.82, 2.24) is 15.5 Å². The number of hydrogen-bond donors (Lipinski definition) is 1. The van der Waals surface area contributed by atoms with Gasteiger partial charge in [-0.05, 0) is 42.5 Å². The molecular formula is C24H16FN3O3. The van der Waals surface area contributed by atoms with E-state index >= 15 is 0 Å². The first-order valence-electron chi connectivity index (χ1n) is 9.61. The van der Waals surface area contributed by atoms with Crippen LogP contribution in [0.15, 0.2) is 88.0 Å². The molecule has 3 aromatic heterocycles. The Morgan fingerprint density at radius 1 is 0.968 bits per heavy atom. The molecule has 5 rings (SSSR count). The van der Waals surface area contributed by atoms with Crippen molar-refractivity contribution in [2.24, 2.45) is 0 Å². The molecule has 7 heteroatoms. The van der Waals surface area contributed by atoms with E-state index in [-0.39, 0.29) is 24.0 Å². The highest BCUT2D eigenvalue weighted by molar-refractivity contribution is 6.10. The largest absolute Gasteiger partial charge is 0.467 e. The minimum absolute atomic E-state index is 0.226. The monoisotopic (exact) mass is 413 g/mol. The molecule has 0 bridgehead atoms. The van der Waals surface area contributed by atoms with Crippen LogP contribution in [0, 0.1) is 5.82 Å². The number of carbonyl (C=O) groups excluding carboxylic acids is 1. The summed E-state index contributed by atoms with van der Waals surface area (Å²) >= 11 is 0. The van der Waals surface area contributed by atoms with Crippen LogP contribution in [0.25, 0.3) is 33.6 Å². The predicted octanol–water partition coefficient (Wildman–Crippen LogP) is 5.22. The van der Waals surface area contributed by atoms with Crippen LogP contribution >= 0.6 is 0 Å². The van der Waals surface area contributed by atoms with E-state index in [2.05, 4.69) is 15.5 Å². The molecule has 6 nitrogen and oxygen atoms in total. The van der Waals surface area contributed by atoms with Gasteiger partial charge in [0, 0.05) is 11.1 Å². The molecule has 0 atom stereocenters. The first kappa shape index (κ1) is 18.7. The lowest BCUT2D eigenvalue weighted by Gasteiger charge is -2.08. The normalized spacial score (nSPS) is 11.0.